The number of hydrogen-bond acceptors (Lipinski definition) is 4. The molecular formula is C18H10F3NO3. The Labute approximate surface area is 139 Å². The van der Waals surface area contributed by atoms with Crippen LogP contribution in [0.1, 0.15) is 16.7 Å². The maximum atomic E-state index is 13.0. The first-order valence-electron chi connectivity index (χ1n) is 7.14. The van der Waals surface area contributed by atoms with Gasteiger partial charge in [0.1, 0.15) is 17.9 Å². The molecule has 0 aliphatic rings. The van der Waals surface area contributed by atoms with Crippen molar-refractivity contribution in [3.8, 4) is 11.8 Å². The van der Waals surface area contributed by atoms with E-state index in [-0.39, 0.29) is 23.3 Å². The zero-order valence-corrected chi connectivity index (χ0v) is 12.6. The summed E-state index contributed by atoms with van der Waals surface area (Å²) in [6.45, 7) is 0.0540. The van der Waals surface area contributed by atoms with Gasteiger partial charge in [0, 0.05) is 23.1 Å². The Kier molecular flexibility index (Phi) is 4.19. The summed E-state index contributed by atoms with van der Waals surface area (Å²) in [5.41, 5.74) is -1.29. The first-order valence-corrected chi connectivity index (χ1v) is 7.14. The highest BCUT2D eigenvalue weighted by Crippen LogP contribution is 2.34. The van der Waals surface area contributed by atoms with Crippen molar-refractivity contribution in [2.45, 2.75) is 12.8 Å². The second-order valence-corrected chi connectivity index (χ2v) is 5.19. The highest BCUT2D eigenvalue weighted by molar-refractivity contribution is 5.82. The quantitative estimate of drug-likeness (QED) is 0.665. The van der Waals surface area contributed by atoms with E-state index in [4.69, 9.17) is 14.4 Å². The number of rotatable bonds is 3. The molecule has 0 unspecified atom stereocenters. The summed E-state index contributed by atoms with van der Waals surface area (Å²) in [6, 6.07) is 13.0. The molecule has 7 heteroatoms. The topological polar surface area (TPSA) is 63.2 Å². The Morgan fingerprint density at radius 1 is 1.12 bits per heavy atom. The Hall–Kier alpha value is -3.27. The number of ether oxygens (including phenoxy) is 1. The van der Waals surface area contributed by atoms with Gasteiger partial charge < -0.3 is 9.15 Å². The summed E-state index contributed by atoms with van der Waals surface area (Å²) in [5.74, 6) is 0.225. The normalized spacial score (nSPS) is 11.3. The predicted octanol–water partition coefficient (Wildman–Crippen LogP) is 4.26. The molecule has 0 N–H and O–H groups in total. The molecule has 0 atom stereocenters. The molecule has 4 nitrogen and oxygen atoms in total. The Morgan fingerprint density at radius 3 is 2.60 bits per heavy atom. The molecule has 0 amide bonds. The van der Waals surface area contributed by atoms with Gasteiger partial charge in [0.2, 0.25) is 0 Å². The van der Waals surface area contributed by atoms with E-state index in [0.717, 1.165) is 0 Å². The van der Waals surface area contributed by atoms with Crippen LogP contribution in [0.15, 0.2) is 57.7 Å². The van der Waals surface area contributed by atoms with Gasteiger partial charge in [0.15, 0.2) is 0 Å². The van der Waals surface area contributed by atoms with Gasteiger partial charge in [-0.3, -0.25) is 0 Å². The maximum Gasteiger partial charge on any atom is 0.417 e. The zero-order chi connectivity index (χ0) is 18.0. The van der Waals surface area contributed by atoms with Crippen molar-refractivity contribution in [2.24, 2.45) is 0 Å². The van der Waals surface area contributed by atoms with Gasteiger partial charge in [0.25, 0.3) is 0 Å². The van der Waals surface area contributed by atoms with Crippen LogP contribution in [0, 0.1) is 11.3 Å². The summed E-state index contributed by atoms with van der Waals surface area (Å²) in [7, 11) is 0. The largest absolute Gasteiger partial charge is 0.489 e. The van der Waals surface area contributed by atoms with Crippen molar-refractivity contribution in [2.75, 3.05) is 0 Å². The molecule has 0 saturated carbocycles. The summed E-state index contributed by atoms with van der Waals surface area (Å²) in [4.78, 5) is 11.4. The zero-order valence-electron chi connectivity index (χ0n) is 12.6. The lowest BCUT2D eigenvalue weighted by molar-refractivity contribution is -0.136. The van der Waals surface area contributed by atoms with Gasteiger partial charge in [-0.25, -0.2) is 4.79 Å². The van der Waals surface area contributed by atoms with Crippen molar-refractivity contribution < 1.29 is 22.3 Å². The number of nitriles is 1. The average Bonchev–Trinajstić information content (AvgIpc) is 2.58. The summed E-state index contributed by atoms with van der Waals surface area (Å²) in [6.07, 6.45) is -4.66. The fourth-order valence-corrected chi connectivity index (χ4v) is 2.38. The molecule has 0 aliphatic heterocycles. The first-order chi connectivity index (χ1) is 11.9. The number of hydrogen-bond donors (Lipinski definition) is 0. The van der Waals surface area contributed by atoms with Crippen molar-refractivity contribution in [1.82, 2.24) is 0 Å². The van der Waals surface area contributed by atoms with Gasteiger partial charge in [-0.15, -0.1) is 0 Å². The Balaban J connectivity index is 1.94. The molecule has 3 rings (SSSR count). The smallest absolute Gasteiger partial charge is 0.417 e. The van der Waals surface area contributed by atoms with Crippen molar-refractivity contribution in [3.63, 3.8) is 0 Å². The fraction of sp³-hybridized carbons (Fsp3) is 0.111. The van der Waals surface area contributed by atoms with Crippen LogP contribution in [0.2, 0.25) is 0 Å². The molecule has 0 aliphatic carbocycles. The Bertz CT molecular complexity index is 1030. The SMILES string of the molecule is N#Cc1ccccc1COc1ccc2c(C(F)(F)F)cc(=O)oc2c1. The van der Waals surface area contributed by atoms with E-state index >= 15 is 0 Å². The van der Waals surface area contributed by atoms with E-state index in [9.17, 15) is 18.0 Å². The summed E-state index contributed by atoms with van der Waals surface area (Å²) < 4.78 is 49.4. The van der Waals surface area contributed by atoms with Crippen LogP contribution in [-0.2, 0) is 12.8 Å². The van der Waals surface area contributed by atoms with Gasteiger partial charge in [0.05, 0.1) is 17.2 Å². The fourth-order valence-electron chi connectivity index (χ4n) is 2.38. The molecule has 2 aromatic carbocycles. The van der Waals surface area contributed by atoms with Crippen molar-refractivity contribution in [1.29, 1.82) is 5.26 Å². The summed E-state index contributed by atoms with van der Waals surface area (Å²) >= 11 is 0. The standard InChI is InChI=1S/C18H10F3NO3/c19-18(20,21)15-8-17(23)25-16-7-13(5-6-14(15)16)24-10-12-4-2-1-3-11(12)9-22/h1-8H,10H2. The van der Waals surface area contributed by atoms with E-state index in [1.54, 1.807) is 24.3 Å². The molecule has 0 fully saturated rings. The molecule has 3 aromatic rings. The Morgan fingerprint density at radius 2 is 1.88 bits per heavy atom. The second-order valence-electron chi connectivity index (χ2n) is 5.19. The van der Waals surface area contributed by atoms with Crippen LogP contribution < -0.4 is 10.4 Å². The number of alkyl halides is 3. The van der Waals surface area contributed by atoms with E-state index in [0.29, 0.717) is 17.2 Å². The number of fused-ring (bicyclic) bond motifs is 1. The minimum atomic E-state index is -4.66. The van der Waals surface area contributed by atoms with Gasteiger partial charge in [-0.2, -0.15) is 18.4 Å². The van der Waals surface area contributed by atoms with E-state index < -0.39 is 17.4 Å². The highest BCUT2D eigenvalue weighted by Gasteiger charge is 2.33. The molecular weight excluding hydrogens is 335 g/mol. The van der Waals surface area contributed by atoms with Crippen LogP contribution in [0.4, 0.5) is 13.2 Å². The van der Waals surface area contributed by atoms with Gasteiger partial charge in [-0.1, -0.05) is 18.2 Å². The monoisotopic (exact) mass is 345 g/mol. The van der Waals surface area contributed by atoms with Gasteiger partial charge >= 0.3 is 11.8 Å². The van der Waals surface area contributed by atoms with Crippen molar-refractivity contribution in [3.05, 3.63) is 75.6 Å². The second kappa shape index (κ2) is 6.32. The van der Waals surface area contributed by atoms with Crippen LogP contribution in [0.25, 0.3) is 11.0 Å². The number of nitrogens with zero attached hydrogens (tertiary/aromatic N) is 1. The van der Waals surface area contributed by atoms with Crippen LogP contribution in [0.5, 0.6) is 5.75 Å². The van der Waals surface area contributed by atoms with Crippen LogP contribution >= 0.6 is 0 Å². The van der Waals surface area contributed by atoms with E-state index in [1.807, 2.05) is 6.07 Å². The van der Waals surface area contributed by atoms with Crippen molar-refractivity contribution >= 4 is 11.0 Å². The molecule has 0 radical (unpaired) electrons. The lowest BCUT2D eigenvalue weighted by Gasteiger charge is -2.11. The predicted molar refractivity (Wildman–Crippen MR) is 83.0 cm³/mol. The molecule has 0 spiro atoms. The molecule has 0 bridgehead atoms. The van der Waals surface area contributed by atoms with Gasteiger partial charge in [-0.05, 0) is 18.2 Å². The lowest BCUT2D eigenvalue weighted by atomic mass is 10.1. The number of halogens is 3. The first kappa shape index (κ1) is 16.6. The third kappa shape index (κ3) is 3.48. The van der Waals surface area contributed by atoms with Crippen LogP contribution in [-0.4, -0.2) is 0 Å². The molecule has 25 heavy (non-hydrogen) atoms. The molecule has 1 heterocycles. The average molecular weight is 345 g/mol. The highest BCUT2D eigenvalue weighted by atomic mass is 19.4. The minimum absolute atomic E-state index is 0.0540. The maximum absolute atomic E-state index is 13.0. The summed E-state index contributed by atoms with van der Waals surface area (Å²) in [5, 5.41) is 8.81. The number of benzene rings is 2. The third-order valence-electron chi connectivity index (χ3n) is 3.55. The molecule has 126 valence electrons. The minimum Gasteiger partial charge on any atom is -0.489 e. The molecule has 0 saturated heterocycles. The molecule has 1 aromatic heterocycles. The van der Waals surface area contributed by atoms with E-state index in [1.165, 1.54) is 18.2 Å². The van der Waals surface area contributed by atoms with Crippen LogP contribution in [0.3, 0.4) is 0 Å². The third-order valence-corrected chi connectivity index (χ3v) is 3.55. The van der Waals surface area contributed by atoms with E-state index in [2.05, 4.69) is 0 Å². The lowest BCUT2D eigenvalue weighted by Crippen LogP contribution is -2.11.